The first-order chi connectivity index (χ1) is 8.85. The van der Waals surface area contributed by atoms with Crippen molar-refractivity contribution in [2.75, 3.05) is 39.3 Å². The summed E-state index contributed by atoms with van der Waals surface area (Å²) in [6.45, 7) is 7.92. The molecule has 4 heteroatoms. The number of hydrogen-bond donors (Lipinski definition) is 0. The van der Waals surface area contributed by atoms with E-state index in [-0.39, 0.29) is 0 Å². The van der Waals surface area contributed by atoms with Crippen molar-refractivity contribution in [1.29, 1.82) is 0 Å². The molecule has 0 radical (unpaired) electrons. The highest BCUT2D eigenvalue weighted by Gasteiger charge is 2.37. The van der Waals surface area contributed by atoms with Crippen molar-refractivity contribution in [2.24, 2.45) is 11.8 Å². The van der Waals surface area contributed by atoms with Crippen molar-refractivity contribution >= 4 is 5.71 Å². The van der Waals surface area contributed by atoms with Gasteiger partial charge in [-0.3, -0.25) is 9.80 Å². The standard InChI is InChI=1S/C8H12N2.C6H12N2/c9-10-8-5-6-1-3-7(8)4-2-6;1-2-8-5-3-7(1)4-6-8/h6-7H,1-5H2;1-6H2. The van der Waals surface area contributed by atoms with Gasteiger partial charge in [0, 0.05) is 45.7 Å². The van der Waals surface area contributed by atoms with E-state index in [0.29, 0.717) is 5.92 Å². The van der Waals surface area contributed by atoms with Gasteiger partial charge in [-0.2, -0.15) is 4.79 Å². The van der Waals surface area contributed by atoms with Gasteiger partial charge < -0.3 is 5.53 Å². The van der Waals surface area contributed by atoms with E-state index in [9.17, 15) is 0 Å². The summed E-state index contributed by atoms with van der Waals surface area (Å²) in [5.74, 6) is 1.48. The van der Waals surface area contributed by atoms with Crippen LogP contribution in [0.5, 0.6) is 0 Å². The van der Waals surface area contributed by atoms with E-state index >= 15 is 0 Å². The first kappa shape index (κ1) is 12.3. The van der Waals surface area contributed by atoms with Crippen LogP contribution in [0.3, 0.4) is 0 Å². The van der Waals surface area contributed by atoms with Crippen molar-refractivity contribution in [3.63, 3.8) is 0 Å². The molecule has 6 rings (SSSR count). The van der Waals surface area contributed by atoms with Gasteiger partial charge >= 0.3 is 0 Å². The fourth-order valence-corrected chi connectivity index (χ4v) is 3.80. The van der Waals surface area contributed by atoms with E-state index in [2.05, 4.69) is 14.6 Å². The molecule has 6 aliphatic rings. The average molecular weight is 248 g/mol. The lowest BCUT2D eigenvalue weighted by Crippen LogP contribution is -2.55. The van der Waals surface area contributed by atoms with Crippen LogP contribution in [-0.4, -0.2) is 59.6 Å². The van der Waals surface area contributed by atoms with Crippen LogP contribution in [0.4, 0.5) is 0 Å². The van der Waals surface area contributed by atoms with Gasteiger partial charge in [0.1, 0.15) is 0 Å². The maximum absolute atomic E-state index is 8.60. The molecule has 3 saturated carbocycles. The van der Waals surface area contributed by atoms with E-state index < -0.39 is 0 Å². The average Bonchev–Trinajstić information content (AvgIpc) is 2.51. The van der Waals surface area contributed by atoms with Gasteiger partial charge in [0.05, 0.1) is 5.92 Å². The molecule has 0 amide bonds. The third-order valence-corrected chi connectivity index (χ3v) is 5.14. The van der Waals surface area contributed by atoms with Crippen molar-refractivity contribution in [1.82, 2.24) is 9.80 Å². The fourth-order valence-electron chi connectivity index (χ4n) is 3.80. The first-order valence-corrected chi connectivity index (χ1v) is 7.50. The molecule has 3 saturated heterocycles. The molecule has 0 unspecified atom stereocenters. The number of fused-ring (bicyclic) bond motifs is 6. The van der Waals surface area contributed by atoms with Crippen LogP contribution in [0.2, 0.25) is 0 Å². The van der Waals surface area contributed by atoms with Crippen LogP contribution in [0.1, 0.15) is 32.1 Å². The Morgan fingerprint density at radius 2 is 1.33 bits per heavy atom. The van der Waals surface area contributed by atoms with Gasteiger partial charge in [-0.25, -0.2) is 0 Å². The molecule has 0 aromatic carbocycles. The second-order valence-electron chi connectivity index (χ2n) is 6.20. The first-order valence-electron chi connectivity index (χ1n) is 7.50. The number of nitrogens with zero attached hydrogens (tertiary/aromatic N) is 4. The van der Waals surface area contributed by atoms with Crippen molar-refractivity contribution < 1.29 is 4.79 Å². The molecule has 0 atom stereocenters. The third kappa shape index (κ3) is 2.66. The summed E-state index contributed by atoms with van der Waals surface area (Å²) in [6, 6.07) is 0. The molecule has 100 valence electrons. The van der Waals surface area contributed by atoms with Gasteiger partial charge in [0.2, 0.25) is 0 Å². The number of piperazine rings is 3. The SMILES string of the molecule is C1CN2CCN1CC2.[N-]=[N+]=C1CC2CCC1CC2. The van der Waals surface area contributed by atoms with E-state index in [4.69, 9.17) is 5.53 Å². The van der Waals surface area contributed by atoms with Crippen LogP contribution in [0.25, 0.3) is 5.53 Å². The van der Waals surface area contributed by atoms with Crippen LogP contribution < -0.4 is 0 Å². The molecule has 0 aromatic rings. The summed E-state index contributed by atoms with van der Waals surface area (Å²) in [4.78, 5) is 8.43. The molecule has 18 heavy (non-hydrogen) atoms. The highest BCUT2D eigenvalue weighted by atomic mass is 15.3. The molecule has 6 fully saturated rings. The van der Waals surface area contributed by atoms with Crippen molar-refractivity contribution in [3.05, 3.63) is 5.53 Å². The van der Waals surface area contributed by atoms with E-state index in [1.54, 1.807) is 0 Å². The van der Waals surface area contributed by atoms with Crippen LogP contribution in [0.15, 0.2) is 0 Å². The summed E-state index contributed by atoms with van der Waals surface area (Å²) in [5, 5.41) is 0. The predicted molar refractivity (Wildman–Crippen MR) is 71.6 cm³/mol. The third-order valence-electron chi connectivity index (χ3n) is 5.14. The Labute approximate surface area is 110 Å². The molecule has 0 N–H and O–H groups in total. The lowest BCUT2D eigenvalue weighted by molar-refractivity contribution is -0.0262. The maximum atomic E-state index is 8.60. The normalized spacial score (nSPS) is 41.0. The van der Waals surface area contributed by atoms with E-state index in [1.807, 2.05) is 0 Å². The molecule has 3 aliphatic heterocycles. The van der Waals surface area contributed by atoms with Crippen molar-refractivity contribution in [2.45, 2.75) is 32.1 Å². The van der Waals surface area contributed by atoms with E-state index in [1.165, 1.54) is 65.0 Å². The number of hydrogen-bond acceptors (Lipinski definition) is 2. The maximum Gasteiger partial charge on any atom is 0.272 e. The number of rotatable bonds is 0. The van der Waals surface area contributed by atoms with Gasteiger partial charge in [0.25, 0.3) is 5.71 Å². The second kappa shape index (κ2) is 5.52. The minimum atomic E-state index is 0.634. The van der Waals surface area contributed by atoms with Crippen LogP contribution in [-0.2, 0) is 0 Å². The largest absolute Gasteiger partial charge is 0.362 e. The zero-order valence-corrected chi connectivity index (χ0v) is 11.2. The Kier molecular flexibility index (Phi) is 3.78. The fraction of sp³-hybridized carbons (Fsp3) is 0.929. The predicted octanol–water partition coefficient (Wildman–Crippen LogP) is 1.48. The topological polar surface area (TPSA) is 42.9 Å². The smallest absolute Gasteiger partial charge is 0.272 e. The lowest BCUT2D eigenvalue weighted by atomic mass is 9.70. The zero-order valence-electron chi connectivity index (χ0n) is 11.2. The molecule has 4 nitrogen and oxygen atoms in total. The summed E-state index contributed by atoms with van der Waals surface area (Å²) in [7, 11) is 0. The molecular formula is C14H24N4. The highest BCUT2D eigenvalue weighted by Crippen LogP contribution is 2.38. The second-order valence-corrected chi connectivity index (χ2v) is 6.20. The van der Waals surface area contributed by atoms with Gasteiger partial charge in [0.15, 0.2) is 0 Å². The minimum absolute atomic E-state index is 0.634. The summed E-state index contributed by atoms with van der Waals surface area (Å²) < 4.78 is 0. The summed E-state index contributed by atoms with van der Waals surface area (Å²) >= 11 is 0. The molecular weight excluding hydrogens is 224 g/mol. The van der Waals surface area contributed by atoms with Crippen LogP contribution >= 0.6 is 0 Å². The lowest BCUT2D eigenvalue weighted by Gasteiger charge is -2.41. The monoisotopic (exact) mass is 248 g/mol. The van der Waals surface area contributed by atoms with Gasteiger partial charge in [-0.1, -0.05) is 0 Å². The molecule has 3 heterocycles. The summed E-state index contributed by atoms with van der Waals surface area (Å²) in [6.07, 6.45) is 6.34. The quantitative estimate of drug-likeness (QED) is 0.481. The Bertz CT molecular complexity index is 309. The zero-order chi connectivity index (χ0) is 12.4. The Morgan fingerprint density at radius 1 is 0.833 bits per heavy atom. The molecule has 0 spiro atoms. The van der Waals surface area contributed by atoms with E-state index in [0.717, 1.165) is 18.1 Å². The van der Waals surface area contributed by atoms with Gasteiger partial charge in [-0.05, 0) is 31.6 Å². The Morgan fingerprint density at radius 3 is 1.56 bits per heavy atom. The Balaban J connectivity index is 0.000000114. The van der Waals surface area contributed by atoms with Crippen LogP contribution in [0, 0.1) is 11.8 Å². The molecule has 4 bridgehead atoms. The van der Waals surface area contributed by atoms with Gasteiger partial charge in [-0.15, -0.1) is 0 Å². The Hall–Kier alpha value is -0.700. The molecule has 0 aromatic heterocycles. The minimum Gasteiger partial charge on any atom is -0.362 e. The highest BCUT2D eigenvalue weighted by molar-refractivity contribution is 5.83. The summed E-state index contributed by atoms with van der Waals surface area (Å²) in [5.41, 5.74) is 9.67. The molecule has 3 aliphatic carbocycles. The van der Waals surface area contributed by atoms with Crippen molar-refractivity contribution in [3.8, 4) is 0 Å².